The molecule has 1 saturated carbocycles. The van der Waals surface area contributed by atoms with Crippen LogP contribution in [0.2, 0.25) is 0 Å². The van der Waals surface area contributed by atoms with Gasteiger partial charge in [-0.05, 0) is 55.6 Å². The maximum atomic E-state index is 13.7. The van der Waals surface area contributed by atoms with Gasteiger partial charge in [-0.2, -0.15) is 18.2 Å². The van der Waals surface area contributed by atoms with Gasteiger partial charge in [0.2, 0.25) is 17.5 Å². The monoisotopic (exact) mass is 561 g/mol. The zero-order chi connectivity index (χ0) is 28.3. The van der Waals surface area contributed by atoms with Gasteiger partial charge >= 0.3 is 6.18 Å². The van der Waals surface area contributed by atoms with Gasteiger partial charge in [0, 0.05) is 58.3 Å². The molecule has 2 aliphatic heterocycles. The number of aromatic nitrogens is 2. The molecule has 11 heteroatoms. The molecule has 40 heavy (non-hydrogen) atoms. The first-order chi connectivity index (χ1) is 19.2. The highest BCUT2D eigenvalue weighted by atomic mass is 19.4. The van der Waals surface area contributed by atoms with Gasteiger partial charge in [0.05, 0.1) is 0 Å². The van der Waals surface area contributed by atoms with Crippen LogP contribution in [0.1, 0.15) is 80.1 Å². The number of amides is 1. The maximum absolute atomic E-state index is 13.7. The van der Waals surface area contributed by atoms with Gasteiger partial charge in [0.1, 0.15) is 5.82 Å². The lowest BCUT2D eigenvalue weighted by Gasteiger charge is -2.29. The Morgan fingerprint density at radius 3 is 2.45 bits per heavy atom. The molecule has 2 aromatic rings. The summed E-state index contributed by atoms with van der Waals surface area (Å²) in [6, 6.07) is 3.35. The van der Waals surface area contributed by atoms with E-state index in [1.807, 2.05) is 11.8 Å². The molecule has 3 aliphatic rings. The summed E-state index contributed by atoms with van der Waals surface area (Å²) in [5, 5.41) is 0. The molecular weight excluding hydrogens is 523 g/mol. The number of Topliss-reactive ketones (excluding diaryl/α,β-unsaturated/α-hetero) is 1. The highest BCUT2D eigenvalue weighted by Gasteiger charge is 2.42. The van der Waals surface area contributed by atoms with Crippen molar-refractivity contribution in [1.29, 1.82) is 0 Å². The van der Waals surface area contributed by atoms with Gasteiger partial charge < -0.3 is 19.1 Å². The van der Waals surface area contributed by atoms with E-state index in [0.29, 0.717) is 50.0 Å². The highest BCUT2D eigenvalue weighted by Crippen LogP contribution is 2.36. The summed E-state index contributed by atoms with van der Waals surface area (Å²) in [6.45, 7) is 5.89. The van der Waals surface area contributed by atoms with Crippen molar-refractivity contribution < 1.29 is 27.2 Å². The van der Waals surface area contributed by atoms with Crippen molar-refractivity contribution in [2.24, 2.45) is 11.8 Å². The van der Waals surface area contributed by atoms with Crippen LogP contribution in [0.4, 0.5) is 25.0 Å². The molecule has 1 unspecified atom stereocenters. The van der Waals surface area contributed by atoms with Gasteiger partial charge in [-0.3, -0.25) is 9.59 Å². The van der Waals surface area contributed by atoms with Crippen molar-refractivity contribution in [3.8, 4) is 0 Å². The largest absolute Gasteiger partial charge is 0.437 e. The number of rotatable bonds is 7. The van der Waals surface area contributed by atoms with Crippen LogP contribution in [0.25, 0.3) is 0 Å². The fourth-order valence-electron chi connectivity index (χ4n) is 6.15. The lowest BCUT2D eigenvalue weighted by atomic mass is 10.0. The second-order valence-corrected chi connectivity index (χ2v) is 11.6. The summed E-state index contributed by atoms with van der Waals surface area (Å²) in [5.41, 5.74) is -0.776. The average Bonchev–Trinajstić information content (AvgIpc) is 3.54. The first kappa shape index (κ1) is 28.4. The minimum Gasteiger partial charge on any atom is -0.420 e. The fourth-order valence-corrected chi connectivity index (χ4v) is 6.15. The summed E-state index contributed by atoms with van der Waals surface area (Å²) in [4.78, 5) is 39.7. The number of anilines is 2. The number of halogens is 3. The van der Waals surface area contributed by atoms with Crippen molar-refractivity contribution >= 4 is 23.5 Å². The van der Waals surface area contributed by atoms with Crippen LogP contribution in [0, 0.1) is 11.8 Å². The topological polar surface area (TPSA) is 82.8 Å². The van der Waals surface area contributed by atoms with E-state index >= 15 is 0 Å². The molecule has 2 aromatic heterocycles. The van der Waals surface area contributed by atoms with Crippen LogP contribution in [-0.4, -0.2) is 65.8 Å². The Balaban J connectivity index is 1.21. The summed E-state index contributed by atoms with van der Waals surface area (Å²) >= 11 is 0. The predicted molar refractivity (Wildman–Crippen MR) is 144 cm³/mol. The molecule has 8 nitrogen and oxygen atoms in total. The molecule has 1 atom stereocenters. The van der Waals surface area contributed by atoms with Crippen LogP contribution in [-0.2, 0) is 17.4 Å². The first-order valence-corrected chi connectivity index (χ1v) is 14.5. The van der Waals surface area contributed by atoms with E-state index < -0.39 is 23.4 Å². The summed E-state index contributed by atoms with van der Waals surface area (Å²) < 4.78 is 46.7. The van der Waals surface area contributed by atoms with E-state index in [-0.39, 0.29) is 18.3 Å². The Bertz CT molecular complexity index is 1180. The SMILES string of the molecule is CC1CCCN(c2nc(C(F)(F)F)c(C(=O)Cc3ccc(N4CCCN(C(=O)CC5CCCC5)CC4)nc3)o2)C1. The quantitative estimate of drug-likeness (QED) is 0.421. The number of carbonyl (C=O) groups excluding carboxylic acids is 2. The van der Waals surface area contributed by atoms with Crippen LogP contribution in [0.5, 0.6) is 0 Å². The smallest absolute Gasteiger partial charge is 0.420 e. The normalized spacial score (nSPS) is 21.1. The fraction of sp³-hybridized carbons (Fsp3) is 0.655. The zero-order valence-corrected chi connectivity index (χ0v) is 23.1. The standard InChI is InChI=1S/C29H38F3N5O3/c1-20-6-4-11-37(19-20)28-34-27(29(30,31)32)26(40-28)23(38)16-22-9-10-24(33-18-22)35-12-5-13-36(15-14-35)25(39)17-21-7-2-3-8-21/h9-10,18,20-21H,2-8,11-17,19H2,1H3. The average molecular weight is 562 g/mol. The van der Waals surface area contributed by atoms with Crippen molar-refractivity contribution in [3.63, 3.8) is 0 Å². The third kappa shape index (κ3) is 6.78. The lowest BCUT2D eigenvalue weighted by Crippen LogP contribution is -2.36. The molecule has 0 spiro atoms. The third-order valence-corrected chi connectivity index (χ3v) is 8.35. The maximum Gasteiger partial charge on any atom is 0.437 e. The number of nitrogens with zero attached hydrogens (tertiary/aromatic N) is 5. The number of hydrogen-bond acceptors (Lipinski definition) is 7. The molecule has 0 aromatic carbocycles. The molecule has 3 fully saturated rings. The minimum atomic E-state index is -4.80. The highest BCUT2D eigenvalue weighted by molar-refractivity contribution is 5.96. The zero-order valence-electron chi connectivity index (χ0n) is 23.1. The van der Waals surface area contributed by atoms with Gasteiger partial charge in [0.25, 0.3) is 6.01 Å². The molecule has 218 valence electrons. The van der Waals surface area contributed by atoms with Crippen molar-refractivity contribution in [2.75, 3.05) is 49.1 Å². The van der Waals surface area contributed by atoms with E-state index in [4.69, 9.17) is 4.42 Å². The lowest BCUT2D eigenvalue weighted by molar-refractivity contribution is -0.141. The van der Waals surface area contributed by atoms with E-state index in [2.05, 4.69) is 14.9 Å². The Morgan fingerprint density at radius 1 is 0.975 bits per heavy atom. The van der Waals surface area contributed by atoms with Crippen molar-refractivity contribution in [3.05, 3.63) is 35.3 Å². The Hall–Kier alpha value is -3.11. The van der Waals surface area contributed by atoms with E-state index in [9.17, 15) is 22.8 Å². The molecule has 5 rings (SSSR count). The third-order valence-electron chi connectivity index (χ3n) is 8.35. The second-order valence-electron chi connectivity index (χ2n) is 11.6. The van der Waals surface area contributed by atoms with Gasteiger partial charge in [-0.1, -0.05) is 25.8 Å². The van der Waals surface area contributed by atoms with Crippen LogP contribution in [0.15, 0.2) is 22.7 Å². The molecule has 1 aliphatic carbocycles. The second kappa shape index (κ2) is 12.2. The predicted octanol–water partition coefficient (Wildman–Crippen LogP) is 5.37. The molecule has 1 amide bonds. The van der Waals surface area contributed by atoms with E-state index in [1.165, 1.54) is 19.0 Å². The number of alkyl halides is 3. The van der Waals surface area contributed by atoms with Gasteiger partial charge in [-0.25, -0.2) is 4.98 Å². The molecule has 0 N–H and O–H groups in total. The minimum absolute atomic E-state index is 0.146. The summed E-state index contributed by atoms with van der Waals surface area (Å²) in [6.07, 6.45) is 4.50. The molecular formula is C29H38F3N5O3. The molecule has 0 radical (unpaired) electrons. The first-order valence-electron chi connectivity index (χ1n) is 14.5. The number of hydrogen-bond donors (Lipinski definition) is 0. The number of ketones is 1. The van der Waals surface area contributed by atoms with Gasteiger partial charge in [0.15, 0.2) is 5.69 Å². The molecule has 0 bridgehead atoms. The van der Waals surface area contributed by atoms with Crippen LogP contribution in [0.3, 0.4) is 0 Å². The summed E-state index contributed by atoms with van der Waals surface area (Å²) in [5.74, 6) is 0.255. The Labute approximate surface area is 232 Å². The Morgan fingerprint density at radius 2 is 1.75 bits per heavy atom. The number of carbonyl (C=O) groups is 2. The van der Waals surface area contributed by atoms with Crippen LogP contribution >= 0.6 is 0 Å². The molecule has 2 saturated heterocycles. The molecule has 4 heterocycles. The number of oxazole rings is 1. The van der Waals surface area contributed by atoms with Crippen molar-refractivity contribution in [1.82, 2.24) is 14.9 Å². The van der Waals surface area contributed by atoms with E-state index in [1.54, 1.807) is 17.0 Å². The summed E-state index contributed by atoms with van der Waals surface area (Å²) in [7, 11) is 0. The Kier molecular flexibility index (Phi) is 8.65. The number of pyridine rings is 1. The number of piperidine rings is 1. The van der Waals surface area contributed by atoms with Gasteiger partial charge in [-0.15, -0.1) is 0 Å². The van der Waals surface area contributed by atoms with E-state index in [0.717, 1.165) is 51.0 Å². The van der Waals surface area contributed by atoms with Crippen LogP contribution < -0.4 is 9.80 Å². The van der Waals surface area contributed by atoms with Crippen molar-refractivity contribution in [2.45, 2.75) is 70.9 Å².